The second kappa shape index (κ2) is 4.63. The molecule has 1 aliphatic heterocycles. The van der Waals surface area contributed by atoms with E-state index in [0.29, 0.717) is 11.3 Å². The van der Waals surface area contributed by atoms with Crippen molar-refractivity contribution in [1.82, 2.24) is 9.97 Å². The topological polar surface area (TPSA) is 59.1 Å². The quantitative estimate of drug-likeness (QED) is 0.798. The molecule has 2 aliphatic rings. The Kier molecular flexibility index (Phi) is 2.97. The number of nitrogens with one attached hydrogen (secondary N) is 2. The van der Waals surface area contributed by atoms with Gasteiger partial charge < -0.3 is 15.4 Å². The maximum Gasteiger partial charge on any atom is 0.242 e. The number of nitrogens with zero attached hydrogens (tertiary/aromatic N) is 2. The largest absolute Gasteiger partial charge is 0.479 e. The van der Waals surface area contributed by atoms with Gasteiger partial charge in [0.1, 0.15) is 12.0 Å². The van der Waals surface area contributed by atoms with Crippen LogP contribution in [0.1, 0.15) is 32.1 Å². The summed E-state index contributed by atoms with van der Waals surface area (Å²) in [5, 5.41) is 6.96. The Hall–Kier alpha value is -1.52. The van der Waals surface area contributed by atoms with E-state index in [2.05, 4.69) is 20.6 Å². The summed E-state index contributed by atoms with van der Waals surface area (Å²) in [5.41, 5.74) is 1.27. The fourth-order valence-electron chi connectivity index (χ4n) is 3.08. The third kappa shape index (κ3) is 1.98. The van der Waals surface area contributed by atoms with Gasteiger partial charge in [-0.15, -0.1) is 0 Å². The molecule has 0 unspecified atom stereocenters. The Labute approximate surface area is 107 Å². The highest BCUT2D eigenvalue weighted by atomic mass is 16.5. The molecule has 1 saturated carbocycles. The fraction of sp³-hybridized carbons (Fsp3) is 0.692. The van der Waals surface area contributed by atoms with E-state index in [0.717, 1.165) is 24.6 Å². The van der Waals surface area contributed by atoms with Gasteiger partial charge in [-0.05, 0) is 12.8 Å². The van der Waals surface area contributed by atoms with Crippen molar-refractivity contribution in [2.24, 2.45) is 5.41 Å². The first-order valence-electron chi connectivity index (χ1n) is 6.70. The van der Waals surface area contributed by atoms with E-state index in [1.54, 1.807) is 13.4 Å². The van der Waals surface area contributed by atoms with Crippen LogP contribution in [0, 0.1) is 5.41 Å². The molecule has 5 heteroatoms. The molecule has 0 radical (unpaired) electrons. The van der Waals surface area contributed by atoms with Crippen LogP contribution in [-0.4, -0.2) is 30.2 Å². The second-order valence-electron chi connectivity index (χ2n) is 5.37. The maximum atomic E-state index is 5.29. The van der Waals surface area contributed by atoms with Crippen LogP contribution in [-0.2, 0) is 0 Å². The molecule has 2 heterocycles. The molecule has 1 aromatic rings. The fourth-order valence-corrected chi connectivity index (χ4v) is 3.08. The SMILES string of the molecule is COc1ncnc2c1NCC1(CCCCC1)CN2. The molecule has 3 rings (SSSR count). The van der Waals surface area contributed by atoms with E-state index >= 15 is 0 Å². The van der Waals surface area contributed by atoms with Gasteiger partial charge in [0.15, 0.2) is 5.82 Å². The molecule has 2 N–H and O–H groups in total. The van der Waals surface area contributed by atoms with Gasteiger partial charge in [-0.25, -0.2) is 4.98 Å². The van der Waals surface area contributed by atoms with Crippen molar-refractivity contribution in [3.05, 3.63) is 6.33 Å². The van der Waals surface area contributed by atoms with Gasteiger partial charge in [-0.3, -0.25) is 0 Å². The van der Waals surface area contributed by atoms with Gasteiger partial charge in [-0.1, -0.05) is 19.3 Å². The van der Waals surface area contributed by atoms with E-state index < -0.39 is 0 Å². The van der Waals surface area contributed by atoms with Gasteiger partial charge in [0, 0.05) is 18.5 Å². The van der Waals surface area contributed by atoms with E-state index in [1.165, 1.54) is 32.1 Å². The van der Waals surface area contributed by atoms with E-state index in [9.17, 15) is 0 Å². The summed E-state index contributed by atoms with van der Waals surface area (Å²) in [6.07, 6.45) is 8.17. The monoisotopic (exact) mass is 248 g/mol. The van der Waals surface area contributed by atoms with E-state index in [-0.39, 0.29) is 0 Å². The van der Waals surface area contributed by atoms with Crippen molar-refractivity contribution in [3.63, 3.8) is 0 Å². The second-order valence-corrected chi connectivity index (χ2v) is 5.37. The Morgan fingerprint density at radius 1 is 1.11 bits per heavy atom. The molecule has 98 valence electrons. The van der Waals surface area contributed by atoms with Crippen LogP contribution in [0.25, 0.3) is 0 Å². The third-order valence-corrected chi connectivity index (χ3v) is 4.19. The lowest BCUT2D eigenvalue weighted by atomic mass is 9.74. The number of fused-ring (bicyclic) bond motifs is 1. The summed E-state index contributed by atoms with van der Waals surface area (Å²) in [5.74, 6) is 1.49. The molecule has 1 aliphatic carbocycles. The van der Waals surface area contributed by atoms with Gasteiger partial charge in [-0.2, -0.15) is 4.98 Å². The lowest BCUT2D eigenvalue weighted by molar-refractivity contribution is 0.224. The van der Waals surface area contributed by atoms with Crippen molar-refractivity contribution < 1.29 is 4.74 Å². The molecule has 0 atom stereocenters. The first-order valence-corrected chi connectivity index (χ1v) is 6.70. The van der Waals surface area contributed by atoms with Gasteiger partial charge in [0.2, 0.25) is 5.88 Å². The van der Waals surface area contributed by atoms with Crippen LogP contribution in [0.5, 0.6) is 5.88 Å². The van der Waals surface area contributed by atoms with Gasteiger partial charge in [0.05, 0.1) is 7.11 Å². The Bertz CT molecular complexity index is 429. The summed E-state index contributed by atoms with van der Waals surface area (Å²) in [4.78, 5) is 8.45. The number of hydrogen-bond acceptors (Lipinski definition) is 5. The van der Waals surface area contributed by atoms with Crippen molar-refractivity contribution >= 4 is 11.5 Å². The molecule has 5 nitrogen and oxygen atoms in total. The zero-order valence-corrected chi connectivity index (χ0v) is 10.8. The molecule has 18 heavy (non-hydrogen) atoms. The smallest absolute Gasteiger partial charge is 0.242 e. The van der Waals surface area contributed by atoms with Crippen molar-refractivity contribution in [2.45, 2.75) is 32.1 Å². The first kappa shape index (κ1) is 11.6. The van der Waals surface area contributed by atoms with Crippen LogP contribution < -0.4 is 15.4 Å². The molecule has 0 amide bonds. The molecule has 0 saturated heterocycles. The van der Waals surface area contributed by atoms with E-state index in [4.69, 9.17) is 4.74 Å². The highest BCUT2D eigenvalue weighted by molar-refractivity contribution is 5.70. The van der Waals surface area contributed by atoms with Crippen LogP contribution in [0.15, 0.2) is 6.33 Å². The van der Waals surface area contributed by atoms with Crippen molar-refractivity contribution in [1.29, 1.82) is 0 Å². The normalized spacial score (nSPS) is 21.4. The average Bonchev–Trinajstić information content (AvgIpc) is 2.60. The summed E-state index contributed by atoms with van der Waals surface area (Å²) < 4.78 is 5.29. The summed E-state index contributed by atoms with van der Waals surface area (Å²) >= 11 is 0. The number of ether oxygens (including phenoxy) is 1. The summed E-state index contributed by atoms with van der Waals surface area (Å²) in [6, 6.07) is 0. The van der Waals surface area contributed by atoms with Crippen molar-refractivity contribution in [3.8, 4) is 5.88 Å². The van der Waals surface area contributed by atoms with Crippen LogP contribution in [0.3, 0.4) is 0 Å². The van der Waals surface area contributed by atoms with Gasteiger partial charge >= 0.3 is 0 Å². The molecule has 0 aromatic carbocycles. The standard InChI is InChI=1S/C13H20N4O/c1-18-12-10-11(16-9-17-12)15-8-13(7-14-10)5-3-2-4-6-13/h9,14H,2-8H2,1H3,(H,15,16,17). The molecule has 1 spiro atoms. The Balaban J connectivity index is 1.85. The number of anilines is 2. The number of methoxy groups -OCH3 is 1. The first-order chi connectivity index (χ1) is 8.83. The minimum atomic E-state index is 0.365. The maximum absolute atomic E-state index is 5.29. The zero-order valence-electron chi connectivity index (χ0n) is 10.8. The van der Waals surface area contributed by atoms with E-state index in [1.807, 2.05) is 0 Å². The lowest BCUT2D eigenvalue weighted by Crippen LogP contribution is -2.36. The minimum Gasteiger partial charge on any atom is -0.479 e. The van der Waals surface area contributed by atoms with Crippen LogP contribution in [0.4, 0.5) is 11.5 Å². The third-order valence-electron chi connectivity index (χ3n) is 4.19. The molecule has 0 bridgehead atoms. The molecule has 1 aromatic heterocycles. The minimum absolute atomic E-state index is 0.365. The predicted octanol–water partition coefficient (Wildman–Crippen LogP) is 2.27. The predicted molar refractivity (Wildman–Crippen MR) is 71.1 cm³/mol. The molecular weight excluding hydrogens is 228 g/mol. The summed E-state index contributed by atoms with van der Waals surface area (Å²) in [6.45, 7) is 1.98. The average molecular weight is 248 g/mol. The highest BCUT2D eigenvalue weighted by Crippen LogP contribution is 2.40. The zero-order chi connectivity index (χ0) is 12.4. The number of hydrogen-bond donors (Lipinski definition) is 2. The van der Waals surface area contributed by atoms with Crippen LogP contribution >= 0.6 is 0 Å². The summed E-state index contributed by atoms with van der Waals surface area (Å²) in [7, 11) is 1.64. The van der Waals surface area contributed by atoms with Crippen LogP contribution in [0.2, 0.25) is 0 Å². The molecular formula is C13H20N4O. The lowest BCUT2D eigenvalue weighted by Gasteiger charge is -2.36. The number of rotatable bonds is 1. The molecule has 1 fully saturated rings. The Morgan fingerprint density at radius 2 is 1.89 bits per heavy atom. The van der Waals surface area contributed by atoms with Gasteiger partial charge in [0.25, 0.3) is 0 Å². The number of aromatic nitrogens is 2. The highest BCUT2D eigenvalue weighted by Gasteiger charge is 2.34. The Morgan fingerprint density at radius 3 is 2.67 bits per heavy atom. The van der Waals surface area contributed by atoms with Crippen molar-refractivity contribution in [2.75, 3.05) is 30.8 Å².